The van der Waals surface area contributed by atoms with E-state index in [-0.39, 0.29) is 6.61 Å². The Bertz CT molecular complexity index is 363. The molecule has 1 saturated heterocycles. The lowest BCUT2D eigenvalue weighted by molar-refractivity contribution is 0.168. The van der Waals surface area contributed by atoms with Crippen molar-refractivity contribution in [1.82, 2.24) is 10.2 Å². The Kier molecular flexibility index (Phi) is 4.75. The number of nitrogens with zero attached hydrogens (tertiary/aromatic N) is 1. The number of aliphatic hydroxyl groups excluding tert-OH is 1. The number of piperidine rings is 1. The minimum Gasteiger partial charge on any atom is -0.392 e. The van der Waals surface area contributed by atoms with Gasteiger partial charge in [-0.25, -0.2) is 0 Å². The zero-order valence-corrected chi connectivity index (χ0v) is 11.4. The van der Waals surface area contributed by atoms with Gasteiger partial charge in [0.1, 0.15) is 0 Å². The van der Waals surface area contributed by atoms with Crippen LogP contribution in [0, 0.1) is 0 Å². The molecule has 1 aliphatic heterocycles. The molecule has 0 aromatic heterocycles. The first kappa shape index (κ1) is 13.5. The van der Waals surface area contributed by atoms with Gasteiger partial charge in [-0.2, -0.15) is 0 Å². The fourth-order valence-electron chi connectivity index (χ4n) is 2.50. The zero-order valence-electron chi connectivity index (χ0n) is 11.4. The standard InChI is InChI=1S/C15H24N2O/c1-12-9-15(7-8-17(12)2)16-10-13-3-5-14(11-18)6-4-13/h3-6,12,15-16,18H,7-11H2,1-2H3. The topological polar surface area (TPSA) is 35.5 Å². The van der Waals surface area contributed by atoms with E-state index in [1.807, 2.05) is 12.1 Å². The van der Waals surface area contributed by atoms with Crippen molar-refractivity contribution in [3.8, 4) is 0 Å². The summed E-state index contributed by atoms with van der Waals surface area (Å²) >= 11 is 0. The van der Waals surface area contributed by atoms with Gasteiger partial charge in [-0.1, -0.05) is 24.3 Å². The Morgan fingerprint density at radius 3 is 2.56 bits per heavy atom. The van der Waals surface area contributed by atoms with Crippen molar-refractivity contribution in [2.45, 2.75) is 45.0 Å². The second-order valence-electron chi connectivity index (χ2n) is 5.41. The number of benzene rings is 1. The van der Waals surface area contributed by atoms with Crippen LogP contribution >= 0.6 is 0 Å². The number of aliphatic hydroxyl groups is 1. The lowest BCUT2D eigenvalue weighted by Gasteiger charge is -2.35. The third kappa shape index (κ3) is 3.55. The van der Waals surface area contributed by atoms with Gasteiger partial charge in [0.25, 0.3) is 0 Å². The molecule has 0 saturated carbocycles. The predicted molar refractivity (Wildman–Crippen MR) is 74.3 cm³/mol. The number of rotatable bonds is 4. The molecule has 1 fully saturated rings. The summed E-state index contributed by atoms with van der Waals surface area (Å²) < 4.78 is 0. The average molecular weight is 248 g/mol. The Labute approximate surface area is 110 Å². The highest BCUT2D eigenvalue weighted by atomic mass is 16.3. The predicted octanol–water partition coefficient (Wildman–Crippen LogP) is 1.75. The first-order chi connectivity index (χ1) is 8.69. The molecule has 1 heterocycles. The molecule has 3 heteroatoms. The molecule has 0 amide bonds. The first-order valence-corrected chi connectivity index (χ1v) is 6.81. The second-order valence-corrected chi connectivity index (χ2v) is 5.41. The van der Waals surface area contributed by atoms with Crippen LogP contribution < -0.4 is 5.32 Å². The van der Waals surface area contributed by atoms with E-state index >= 15 is 0 Å². The fourth-order valence-corrected chi connectivity index (χ4v) is 2.50. The van der Waals surface area contributed by atoms with Crippen LogP contribution in [0.5, 0.6) is 0 Å². The summed E-state index contributed by atoms with van der Waals surface area (Å²) in [5.41, 5.74) is 2.27. The van der Waals surface area contributed by atoms with Crippen LogP contribution in [0.2, 0.25) is 0 Å². The molecule has 2 rings (SSSR count). The second kappa shape index (κ2) is 6.32. The van der Waals surface area contributed by atoms with Gasteiger partial charge in [-0.05, 0) is 44.5 Å². The number of nitrogens with one attached hydrogen (secondary N) is 1. The highest BCUT2D eigenvalue weighted by Crippen LogP contribution is 2.15. The molecule has 3 nitrogen and oxygen atoms in total. The van der Waals surface area contributed by atoms with Gasteiger partial charge in [0, 0.05) is 18.6 Å². The summed E-state index contributed by atoms with van der Waals surface area (Å²) in [6.45, 7) is 4.53. The normalized spacial score (nSPS) is 25.3. The Balaban J connectivity index is 1.80. The van der Waals surface area contributed by atoms with E-state index in [1.165, 1.54) is 24.9 Å². The Hall–Kier alpha value is -0.900. The molecule has 2 atom stereocenters. The van der Waals surface area contributed by atoms with Crippen molar-refractivity contribution >= 4 is 0 Å². The van der Waals surface area contributed by atoms with E-state index in [9.17, 15) is 0 Å². The summed E-state index contributed by atoms with van der Waals surface area (Å²) in [6.07, 6.45) is 2.46. The minimum atomic E-state index is 0.125. The van der Waals surface area contributed by atoms with E-state index in [0.29, 0.717) is 12.1 Å². The molecule has 0 bridgehead atoms. The van der Waals surface area contributed by atoms with Gasteiger partial charge >= 0.3 is 0 Å². The smallest absolute Gasteiger partial charge is 0.0681 e. The molecule has 0 aliphatic carbocycles. The van der Waals surface area contributed by atoms with E-state index < -0.39 is 0 Å². The van der Waals surface area contributed by atoms with Crippen molar-refractivity contribution < 1.29 is 5.11 Å². The maximum absolute atomic E-state index is 9.00. The van der Waals surface area contributed by atoms with E-state index in [2.05, 4.69) is 36.3 Å². The van der Waals surface area contributed by atoms with Crippen LogP contribution in [0.25, 0.3) is 0 Å². The highest BCUT2D eigenvalue weighted by molar-refractivity contribution is 5.21. The molecule has 1 aromatic rings. The molecular weight excluding hydrogens is 224 g/mol. The zero-order chi connectivity index (χ0) is 13.0. The first-order valence-electron chi connectivity index (χ1n) is 6.81. The van der Waals surface area contributed by atoms with Crippen LogP contribution in [0.4, 0.5) is 0 Å². The number of hydrogen-bond acceptors (Lipinski definition) is 3. The van der Waals surface area contributed by atoms with Crippen molar-refractivity contribution in [2.75, 3.05) is 13.6 Å². The lowest BCUT2D eigenvalue weighted by atomic mass is 9.98. The third-order valence-corrected chi connectivity index (χ3v) is 4.01. The summed E-state index contributed by atoms with van der Waals surface area (Å²) in [4.78, 5) is 2.42. The molecule has 100 valence electrons. The average Bonchev–Trinajstić information content (AvgIpc) is 2.41. The van der Waals surface area contributed by atoms with Crippen LogP contribution in [-0.2, 0) is 13.2 Å². The van der Waals surface area contributed by atoms with Gasteiger partial charge < -0.3 is 15.3 Å². The van der Waals surface area contributed by atoms with Gasteiger partial charge in [-0.15, -0.1) is 0 Å². The van der Waals surface area contributed by atoms with Gasteiger partial charge in [0.15, 0.2) is 0 Å². The maximum Gasteiger partial charge on any atom is 0.0681 e. The van der Waals surface area contributed by atoms with Crippen molar-refractivity contribution in [2.24, 2.45) is 0 Å². The van der Waals surface area contributed by atoms with Crippen LogP contribution in [0.1, 0.15) is 30.9 Å². The summed E-state index contributed by atoms with van der Waals surface area (Å²) in [5.74, 6) is 0. The SMILES string of the molecule is CC1CC(NCc2ccc(CO)cc2)CCN1C. The molecule has 1 aliphatic rings. The van der Waals surface area contributed by atoms with E-state index in [4.69, 9.17) is 5.11 Å². The van der Waals surface area contributed by atoms with Gasteiger partial charge in [0.2, 0.25) is 0 Å². The lowest BCUT2D eigenvalue weighted by Crippen LogP contribution is -2.45. The van der Waals surface area contributed by atoms with Crippen molar-refractivity contribution in [3.63, 3.8) is 0 Å². The van der Waals surface area contributed by atoms with Crippen molar-refractivity contribution in [3.05, 3.63) is 35.4 Å². The monoisotopic (exact) mass is 248 g/mol. The van der Waals surface area contributed by atoms with Crippen LogP contribution in [0.15, 0.2) is 24.3 Å². The summed E-state index contributed by atoms with van der Waals surface area (Å²) in [6, 6.07) is 9.48. The molecule has 2 N–H and O–H groups in total. The highest BCUT2D eigenvalue weighted by Gasteiger charge is 2.21. The summed E-state index contributed by atoms with van der Waals surface area (Å²) in [5, 5.41) is 12.6. The third-order valence-electron chi connectivity index (χ3n) is 4.01. The molecule has 0 radical (unpaired) electrons. The molecule has 1 aromatic carbocycles. The van der Waals surface area contributed by atoms with E-state index in [0.717, 1.165) is 12.1 Å². The van der Waals surface area contributed by atoms with Crippen LogP contribution in [-0.4, -0.2) is 35.7 Å². The fraction of sp³-hybridized carbons (Fsp3) is 0.600. The maximum atomic E-state index is 9.00. The number of likely N-dealkylation sites (tertiary alicyclic amines) is 1. The van der Waals surface area contributed by atoms with E-state index in [1.54, 1.807) is 0 Å². The quantitative estimate of drug-likeness (QED) is 0.852. The van der Waals surface area contributed by atoms with Gasteiger partial charge in [0.05, 0.1) is 6.61 Å². The minimum absolute atomic E-state index is 0.125. The Morgan fingerprint density at radius 2 is 1.94 bits per heavy atom. The molecule has 0 spiro atoms. The Morgan fingerprint density at radius 1 is 1.28 bits per heavy atom. The molecule has 2 unspecified atom stereocenters. The van der Waals surface area contributed by atoms with Crippen LogP contribution in [0.3, 0.4) is 0 Å². The number of hydrogen-bond donors (Lipinski definition) is 2. The van der Waals surface area contributed by atoms with Gasteiger partial charge in [-0.3, -0.25) is 0 Å². The van der Waals surface area contributed by atoms with Crippen molar-refractivity contribution in [1.29, 1.82) is 0 Å². The molecular formula is C15H24N2O. The molecule has 18 heavy (non-hydrogen) atoms. The summed E-state index contributed by atoms with van der Waals surface area (Å²) in [7, 11) is 2.20. The largest absolute Gasteiger partial charge is 0.392 e.